The second kappa shape index (κ2) is 17.2. The summed E-state index contributed by atoms with van der Waals surface area (Å²) in [4.78, 5) is 54.8. The molecule has 5 rings (SSSR count). The second-order valence-electron chi connectivity index (χ2n) is 16.8. The molecule has 2 saturated carbocycles. The number of hydrogen-bond acceptors (Lipinski definition) is 12. The van der Waals surface area contributed by atoms with Crippen LogP contribution in [0.4, 0.5) is 4.79 Å². The summed E-state index contributed by atoms with van der Waals surface area (Å²) in [5, 5.41) is 51.1. The number of aliphatic hydroxyl groups excluding tert-OH is 2. The first-order valence-electron chi connectivity index (χ1n) is 17.8. The fourth-order valence-electron chi connectivity index (χ4n) is 8.77. The van der Waals surface area contributed by atoms with Crippen LogP contribution < -0.4 is 5.32 Å². The number of allylic oxidation sites excluding steroid dienone is 1. The molecule has 0 aromatic heterocycles. The largest absolute Gasteiger partial charge is 0.456 e. The van der Waals surface area contributed by atoms with Crippen LogP contribution in [-0.4, -0.2) is 104 Å². The molecule has 15 heteroatoms. The summed E-state index contributed by atoms with van der Waals surface area (Å²) < 4.78 is 23.2. The average molecular weight is 1180 g/mol. The van der Waals surface area contributed by atoms with Gasteiger partial charge in [-0.1, -0.05) is 50.6 Å². The number of ether oxygens (including phenoxy) is 4. The SMILES string of the molecule is CC(C)=C[C@H](NC(=O)OC(C)(C)C)[C@@H](O)C(=O)O[C@H]1C[C@@]2(O)C(OC(=O)c3ccccc3)[C@@H]3[C@]4(O)CO[C@@H]4CC[C@@]3(C)C(=O)[C@H](O)C(=C1C)C2(C)C.[Ac].[Ac]. The van der Waals surface area contributed by atoms with Crippen molar-refractivity contribution in [2.24, 2.45) is 16.7 Å². The molecule has 4 aliphatic rings. The van der Waals surface area contributed by atoms with Gasteiger partial charge in [-0.2, -0.15) is 0 Å². The molecule has 1 aromatic rings. The molecule has 0 spiro atoms. The molecular formula is C39H53Ac2NO12. The van der Waals surface area contributed by atoms with E-state index in [4.69, 9.17) is 18.9 Å². The van der Waals surface area contributed by atoms with Gasteiger partial charge in [-0.05, 0) is 77.7 Å². The molecule has 3 aliphatic carbocycles. The number of Topliss-reactive ketones (excluding diaryl/α,β-unsaturated/α-hetero) is 1. The molecule has 54 heavy (non-hydrogen) atoms. The molecule has 3 fully saturated rings. The van der Waals surface area contributed by atoms with Crippen molar-refractivity contribution < 1.29 is 147 Å². The van der Waals surface area contributed by atoms with Gasteiger partial charge in [-0.3, -0.25) is 4.79 Å². The zero-order chi connectivity index (χ0) is 38.8. The fraction of sp³-hybridized carbons (Fsp3) is 0.641. The molecule has 1 aliphatic heterocycles. The Morgan fingerprint density at radius 1 is 1.04 bits per heavy atom. The van der Waals surface area contributed by atoms with Crippen LogP contribution in [0.3, 0.4) is 0 Å². The molecular weight excluding hydrogens is 1130 g/mol. The summed E-state index contributed by atoms with van der Waals surface area (Å²) in [6.07, 6.45) is -6.72. The summed E-state index contributed by atoms with van der Waals surface area (Å²) >= 11 is 0. The Morgan fingerprint density at radius 3 is 2.19 bits per heavy atom. The molecule has 13 nitrogen and oxygen atoms in total. The van der Waals surface area contributed by atoms with Crippen LogP contribution in [0.2, 0.25) is 0 Å². The van der Waals surface area contributed by atoms with Crippen LogP contribution in [0.15, 0.2) is 53.1 Å². The first-order chi connectivity index (χ1) is 24.0. The second-order valence-corrected chi connectivity index (χ2v) is 16.8. The Balaban J connectivity index is 0.00000392. The number of carbonyl (C=O) groups is 4. The zero-order valence-corrected chi connectivity index (χ0v) is 42.0. The van der Waals surface area contributed by atoms with E-state index in [2.05, 4.69) is 5.32 Å². The number of hydrogen-bond donors (Lipinski definition) is 5. The average Bonchev–Trinajstić information content (AvgIpc) is 3.03. The van der Waals surface area contributed by atoms with Gasteiger partial charge in [0, 0.05) is 111 Å². The summed E-state index contributed by atoms with van der Waals surface area (Å²) in [6, 6.07) is 6.82. The maximum absolute atomic E-state index is 14.6. The van der Waals surface area contributed by atoms with Gasteiger partial charge in [-0.25, -0.2) is 14.4 Å². The van der Waals surface area contributed by atoms with E-state index in [1.54, 1.807) is 80.5 Å². The van der Waals surface area contributed by atoms with Crippen molar-refractivity contribution in [3.8, 4) is 0 Å². The standard InChI is InChI=1S/C39H53NO12.2Ac/c1-20(2)17-23(40-34(46)52-35(4,5)6)27(41)33(45)50-24-18-39(48)31(51-32(44)22-13-11-10-12-14-22)29-37(9,16-15-25-38(29,47)19-49-25)30(43)28(42)26(21(24)3)36(39,7)8;;/h10-14,17,23-25,27-29,31,41-42,47-48H,15-16,18-19H2,1-9H3,(H,40,46);;/t23-,24-,25+,27+,28+,29-,31?,37+,38-,39+;;/m0../s1. The molecule has 1 saturated heterocycles. The summed E-state index contributed by atoms with van der Waals surface area (Å²) in [6.45, 7) is 14.6. The Labute approximate surface area is 388 Å². The summed E-state index contributed by atoms with van der Waals surface area (Å²) in [7, 11) is 0. The van der Waals surface area contributed by atoms with E-state index in [0.717, 1.165) is 0 Å². The van der Waals surface area contributed by atoms with E-state index in [-0.39, 0.29) is 118 Å². The smallest absolute Gasteiger partial charge is 0.408 e. The molecule has 2 radical (unpaired) electrons. The molecule has 1 unspecified atom stereocenters. The minimum absolute atomic E-state index is 0. The third-order valence-corrected chi connectivity index (χ3v) is 11.5. The number of nitrogens with one attached hydrogen (secondary N) is 1. The van der Waals surface area contributed by atoms with Crippen molar-refractivity contribution >= 4 is 23.8 Å². The van der Waals surface area contributed by atoms with E-state index >= 15 is 0 Å². The number of amides is 1. The van der Waals surface area contributed by atoms with E-state index in [0.29, 0.717) is 12.0 Å². The normalized spacial score (nSPS) is 33.6. The third kappa shape index (κ3) is 8.66. The van der Waals surface area contributed by atoms with Gasteiger partial charge in [0.15, 0.2) is 11.9 Å². The first kappa shape index (κ1) is 47.6. The van der Waals surface area contributed by atoms with Gasteiger partial charge in [0.05, 0.1) is 24.3 Å². The topological polar surface area (TPSA) is 198 Å². The number of carbonyl (C=O) groups excluding carboxylic acids is 4. The maximum atomic E-state index is 14.6. The number of fused-ring (bicyclic) bond motifs is 5. The Bertz CT molecular complexity index is 1670. The third-order valence-electron chi connectivity index (χ3n) is 11.5. The number of ketones is 1. The van der Waals surface area contributed by atoms with Crippen molar-refractivity contribution in [2.45, 2.75) is 135 Å². The van der Waals surface area contributed by atoms with Crippen LogP contribution in [0.5, 0.6) is 0 Å². The minimum Gasteiger partial charge on any atom is -0.456 e. The van der Waals surface area contributed by atoms with Crippen molar-refractivity contribution in [2.75, 3.05) is 6.61 Å². The number of rotatable bonds is 7. The van der Waals surface area contributed by atoms with Gasteiger partial charge in [0.1, 0.15) is 35.1 Å². The molecule has 1 heterocycles. The quantitative estimate of drug-likeness (QED) is 0.152. The molecule has 2 bridgehead atoms. The van der Waals surface area contributed by atoms with E-state index in [9.17, 15) is 39.6 Å². The van der Waals surface area contributed by atoms with Crippen LogP contribution >= 0.6 is 0 Å². The van der Waals surface area contributed by atoms with Crippen molar-refractivity contribution in [3.63, 3.8) is 0 Å². The van der Waals surface area contributed by atoms with E-state index in [1.165, 1.54) is 18.2 Å². The zero-order valence-electron chi connectivity index (χ0n) is 32.5. The summed E-state index contributed by atoms with van der Waals surface area (Å²) in [5.74, 6) is -3.87. The van der Waals surface area contributed by atoms with Crippen LogP contribution in [-0.2, 0) is 28.5 Å². The molecule has 1 amide bonds. The fourth-order valence-corrected chi connectivity index (χ4v) is 8.77. The summed E-state index contributed by atoms with van der Waals surface area (Å²) in [5.41, 5.74) is -6.54. The number of aliphatic hydroxyl groups is 4. The van der Waals surface area contributed by atoms with Gasteiger partial charge in [0.2, 0.25) is 0 Å². The Kier molecular flexibility index (Phi) is 15.2. The molecule has 10 atom stereocenters. The van der Waals surface area contributed by atoms with Gasteiger partial charge in [-0.15, -0.1) is 0 Å². The molecule has 292 valence electrons. The van der Waals surface area contributed by atoms with Gasteiger partial charge >= 0.3 is 18.0 Å². The monoisotopic (exact) mass is 1180 g/mol. The van der Waals surface area contributed by atoms with E-state index in [1.807, 2.05) is 0 Å². The van der Waals surface area contributed by atoms with Crippen LogP contribution in [0.25, 0.3) is 0 Å². The van der Waals surface area contributed by atoms with Crippen molar-refractivity contribution in [1.82, 2.24) is 5.32 Å². The first-order valence-corrected chi connectivity index (χ1v) is 17.8. The van der Waals surface area contributed by atoms with E-state index < -0.39 is 100 Å². The maximum Gasteiger partial charge on any atom is 0.408 e. The van der Waals surface area contributed by atoms with Crippen LogP contribution in [0, 0.1) is 105 Å². The van der Waals surface area contributed by atoms with Crippen LogP contribution in [0.1, 0.15) is 91.9 Å². The Hall–Kier alpha value is -0.737. The van der Waals surface area contributed by atoms with Gasteiger partial charge < -0.3 is 44.7 Å². The minimum atomic E-state index is -2.17. The predicted octanol–water partition coefficient (Wildman–Crippen LogP) is 3.31. The van der Waals surface area contributed by atoms with Gasteiger partial charge in [0.25, 0.3) is 0 Å². The number of alkyl carbamates (subject to hydrolysis) is 1. The predicted molar refractivity (Wildman–Crippen MR) is 187 cm³/mol. The Morgan fingerprint density at radius 2 is 1.65 bits per heavy atom. The molecule has 5 N–H and O–H groups in total. The molecule has 1 aromatic carbocycles. The van der Waals surface area contributed by atoms with Crippen molar-refractivity contribution in [3.05, 3.63) is 58.7 Å². The number of benzene rings is 1. The number of esters is 2. The van der Waals surface area contributed by atoms with Crippen molar-refractivity contribution in [1.29, 1.82) is 0 Å².